The van der Waals surface area contributed by atoms with Gasteiger partial charge in [0.25, 0.3) is 5.91 Å². The molecule has 1 saturated heterocycles. The van der Waals surface area contributed by atoms with E-state index in [1.165, 1.54) is 18.0 Å². The molecule has 1 aliphatic carbocycles. The Morgan fingerprint density at radius 1 is 0.960 bits per heavy atom. The molecule has 2 aromatic rings. The van der Waals surface area contributed by atoms with Crippen molar-refractivity contribution in [2.45, 2.75) is 12.3 Å². The Bertz CT molecular complexity index is 758. The van der Waals surface area contributed by atoms with Crippen molar-refractivity contribution in [3.8, 4) is 0 Å². The molecule has 1 saturated carbocycles. The fourth-order valence-corrected chi connectivity index (χ4v) is 3.47. The second-order valence-corrected chi connectivity index (χ2v) is 6.57. The van der Waals surface area contributed by atoms with Crippen LogP contribution in [0.25, 0.3) is 0 Å². The van der Waals surface area contributed by atoms with Gasteiger partial charge in [-0.15, -0.1) is 0 Å². The molecule has 2 atom stereocenters. The minimum atomic E-state index is -0.117. The number of rotatable bonds is 3. The van der Waals surface area contributed by atoms with Crippen molar-refractivity contribution in [3.63, 3.8) is 0 Å². The van der Waals surface area contributed by atoms with Crippen molar-refractivity contribution in [2.75, 3.05) is 26.2 Å². The van der Waals surface area contributed by atoms with E-state index in [0.717, 1.165) is 6.42 Å². The first-order valence-corrected chi connectivity index (χ1v) is 8.63. The number of amides is 2. The number of carbonyl (C=O) groups is 2. The predicted octanol–water partition coefficient (Wildman–Crippen LogP) is 1.56. The van der Waals surface area contributed by atoms with Crippen LogP contribution in [-0.4, -0.2) is 57.8 Å². The number of benzene rings is 1. The van der Waals surface area contributed by atoms with Gasteiger partial charge in [-0.25, -0.2) is 4.98 Å². The number of aromatic nitrogens is 2. The molecule has 1 aromatic carbocycles. The summed E-state index contributed by atoms with van der Waals surface area (Å²) in [6.07, 6.45) is 5.48. The zero-order valence-electron chi connectivity index (χ0n) is 13.9. The maximum absolute atomic E-state index is 12.7. The van der Waals surface area contributed by atoms with Gasteiger partial charge in [-0.3, -0.25) is 14.6 Å². The van der Waals surface area contributed by atoms with Gasteiger partial charge in [-0.1, -0.05) is 30.3 Å². The van der Waals surface area contributed by atoms with Gasteiger partial charge in [-0.05, 0) is 17.9 Å². The molecule has 0 N–H and O–H groups in total. The molecule has 1 aliphatic heterocycles. The maximum atomic E-state index is 12.7. The lowest BCUT2D eigenvalue weighted by Gasteiger charge is -2.34. The fraction of sp³-hybridized carbons (Fsp3) is 0.368. The number of hydrogen-bond donors (Lipinski definition) is 0. The molecule has 2 amide bonds. The van der Waals surface area contributed by atoms with Crippen LogP contribution in [0.4, 0.5) is 0 Å². The summed E-state index contributed by atoms with van der Waals surface area (Å²) in [7, 11) is 0. The molecule has 0 radical (unpaired) electrons. The summed E-state index contributed by atoms with van der Waals surface area (Å²) in [5.41, 5.74) is 1.60. The average Bonchev–Trinajstić information content (AvgIpc) is 3.49. The van der Waals surface area contributed by atoms with Crippen molar-refractivity contribution >= 4 is 11.8 Å². The molecule has 6 heteroatoms. The summed E-state index contributed by atoms with van der Waals surface area (Å²) in [6, 6.07) is 10.2. The average molecular weight is 336 g/mol. The summed E-state index contributed by atoms with van der Waals surface area (Å²) in [4.78, 5) is 36.7. The minimum absolute atomic E-state index is 0.102. The smallest absolute Gasteiger partial charge is 0.274 e. The van der Waals surface area contributed by atoms with Crippen LogP contribution in [-0.2, 0) is 4.79 Å². The Labute approximate surface area is 146 Å². The lowest BCUT2D eigenvalue weighted by molar-refractivity contribution is -0.134. The van der Waals surface area contributed by atoms with E-state index in [4.69, 9.17) is 0 Å². The van der Waals surface area contributed by atoms with Gasteiger partial charge in [0, 0.05) is 44.5 Å². The van der Waals surface area contributed by atoms with Crippen LogP contribution in [0, 0.1) is 5.92 Å². The van der Waals surface area contributed by atoms with Gasteiger partial charge in [0.15, 0.2) is 0 Å². The van der Waals surface area contributed by atoms with Crippen LogP contribution in [0.5, 0.6) is 0 Å². The molecular formula is C19H20N4O2. The highest BCUT2D eigenvalue weighted by atomic mass is 16.2. The molecule has 128 valence electrons. The first-order valence-electron chi connectivity index (χ1n) is 8.63. The molecule has 1 aromatic heterocycles. The lowest BCUT2D eigenvalue weighted by atomic mass is 10.1. The third kappa shape index (κ3) is 3.24. The first-order chi connectivity index (χ1) is 12.2. The summed E-state index contributed by atoms with van der Waals surface area (Å²) in [5.74, 6) is 0.562. The van der Waals surface area contributed by atoms with Gasteiger partial charge >= 0.3 is 0 Å². The van der Waals surface area contributed by atoms with E-state index in [0.29, 0.717) is 37.8 Å². The molecule has 0 spiro atoms. The topological polar surface area (TPSA) is 66.4 Å². The van der Waals surface area contributed by atoms with E-state index in [-0.39, 0.29) is 17.7 Å². The van der Waals surface area contributed by atoms with Crippen LogP contribution < -0.4 is 0 Å². The number of carbonyl (C=O) groups excluding carboxylic acids is 2. The van der Waals surface area contributed by atoms with Gasteiger partial charge in [0.05, 0.1) is 6.20 Å². The van der Waals surface area contributed by atoms with E-state index < -0.39 is 0 Å². The zero-order chi connectivity index (χ0) is 17.2. The zero-order valence-corrected chi connectivity index (χ0v) is 13.9. The van der Waals surface area contributed by atoms with Crippen molar-refractivity contribution < 1.29 is 9.59 Å². The Morgan fingerprint density at radius 2 is 1.68 bits per heavy atom. The Kier molecular flexibility index (Phi) is 4.17. The molecule has 2 heterocycles. The normalized spacial score (nSPS) is 22.6. The van der Waals surface area contributed by atoms with Crippen molar-refractivity contribution in [3.05, 3.63) is 60.2 Å². The first kappa shape index (κ1) is 15.7. The van der Waals surface area contributed by atoms with E-state index in [9.17, 15) is 9.59 Å². The maximum Gasteiger partial charge on any atom is 0.274 e. The molecule has 6 nitrogen and oxygen atoms in total. The second kappa shape index (κ2) is 6.63. The van der Waals surface area contributed by atoms with E-state index in [1.54, 1.807) is 11.1 Å². The van der Waals surface area contributed by atoms with Crippen molar-refractivity contribution in [2.24, 2.45) is 5.92 Å². The van der Waals surface area contributed by atoms with Gasteiger partial charge in [0.1, 0.15) is 5.69 Å². The molecule has 4 rings (SSSR count). The summed E-state index contributed by atoms with van der Waals surface area (Å²) >= 11 is 0. The lowest BCUT2D eigenvalue weighted by Crippen LogP contribution is -2.51. The standard InChI is InChI=1S/C19H20N4O2/c24-18(16-12-15(16)14-4-2-1-3-5-14)22-8-10-23(11-9-22)19(25)17-13-20-6-7-21-17/h1-7,13,15-16H,8-12H2/t15-,16+/m1/s1. The number of nitrogens with zero attached hydrogens (tertiary/aromatic N) is 4. The van der Waals surface area contributed by atoms with Crippen molar-refractivity contribution in [1.29, 1.82) is 0 Å². The van der Waals surface area contributed by atoms with Gasteiger partial charge < -0.3 is 9.80 Å². The monoisotopic (exact) mass is 336 g/mol. The van der Waals surface area contributed by atoms with Gasteiger partial charge in [-0.2, -0.15) is 0 Å². The summed E-state index contributed by atoms with van der Waals surface area (Å²) in [5, 5.41) is 0. The van der Waals surface area contributed by atoms with E-state index >= 15 is 0 Å². The van der Waals surface area contributed by atoms with Crippen molar-refractivity contribution in [1.82, 2.24) is 19.8 Å². The SMILES string of the molecule is O=C(c1cnccn1)N1CCN(C(=O)[C@H]2C[C@@H]2c2ccccc2)CC1. The third-order valence-corrected chi connectivity index (χ3v) is 5.00. The van der Waals surface area contributed by atoms with Crippen LogP contribution in [0.1, 0.15) is 28.4 Å². The van der Waals surface area contributed by atoms with Gasteiger partial charge in [0.2, 0.25) is 5.91 Å². The van der Waals surface area contributed by atoms with Crippen LogP contribution >= 0.6 is 0 Å². The number of piperazine rings is 1. The summed E-state index contributed by atoms with van der Waals surface area (Å²) < 4.78 is 0. The van der Waals surface area contributed by atoms with Crippen LogP contribution in [0.2, 0.25) is 0 Å². The molecular weight excluding hydrogens is 316 g/mol. The highest BCUT2D eigenvalue weighted by Gasteiger charge is 2.46. The molecule has 2 aliphatic rings. The Balaban J connectivity index is 1.32. The third-order valence-electron chi connectivity index (χ3n) is 5.00. The van der Waals surface area contributed by atoms with Crippen LogP contribution in [0.15, 0.2) is 48.9 Å². The highest BCUT2D eigenvalue weighted by Crippen LogP contribution is 2.48. The van der Waals surface area contributed by atoms with Crippen LogP contribution in [0.3, 0.4) is 0 Å². The minimum Gasteiger partial charge on any atom is -0.339 e. The van der Waals surface area contributed by atoms with E-state index in [2.05, 4.69) is 22.1 Å². The second-order valence-electron chi connectivity index (χ2n) is 6.57. The quantitative estimate of drug-likeness (QED) is 0.853. The molecule has 2 fully saturated rings. The largest absolute Gasteiger partial charge is 0.339 e. The summed E-state index contributed by atoms with van der Waals surface area (Å²) in [6.45, 7) is 2.26. The predicted molar refractivity (Wildman–Crippen MR) is 91.8 cm³/mol. The number of hydrogen-bond acceptors (Lipinski definition) is 4. The molecule has 0 unspecified atom stereocenters. The van der Waals surface area contributed by atoms with E-state index in [1.807, 2.05) is 23.1 Å². The molecule has 0 bridgehead atoms. The fourth-order valence-electron chi connectivity index (χ4n) is 3.47. The Hall–Kier alpha value is -2.76. The highest BCUT2D eigenvalue weighted by molar-refractivity contribution is 5.92. The Morgan fingerprint density at radius 3 is 2.36 bits per heavy atom. The molecule has 25 heavy (non-hydrogen) atoms.